The molecule has 1 unspecified atom stereocenters. The van der Waals surface area contributed by atoms with Gasteiger partial charge in [-0.25, -0.2) is 0 Å². The highest BCUT2D eigenvalue weighted by Gasteiger charge is 2.22. The minimum Gasteiger partial charge on any atom is -0.356 e. The van der Waals surface area contributed by atoms with Crippen LogP contribution in [0.25, 0.3) is 0 Å². The fourth-order valence-electron chi connectivity index (χ4n) is 3.63. The third-order valence-corrected chi connectivity index (χ3v) is 5.12. The summed E-state index contributed by atoms with van der Waals surface area (Å²) in [5.74, 6) is 0.890. The second-order valence-electron chi connectivity index (χ2n) is 7.11. The smallest absolute Gasteiger partial charge is 0.191 e. The lowest BCUT2D eigenvalue weighted by Gasteiger charge is -2.36. The number of aromatic nitrogens is 2. The van der Waals surface area contributed by atoms with E-state index in [-0.39, 0.29) is 24.0 Å². The molecule has 2 aromatic rings. The van der Waals surface area contributed by atoms with Crippen molar-refractivity contribution < 1.29 is 0 Å². The average Bonchev–Trinajstić information content (AvgIpc) is 3.23. The van der Waals surface area contributed by atoms with Crippen molar-refractivity contribution in [2.75, 3.05) is 26.7 Å². The van der Waals surface area contributed by atoms with Gasteiger partial charge >= 0.3 is 0 Å². The van der Waals surface area contributed by atoms with Crippen LogP contribution in [0, 0.1) is 0 Å². The van der Waals surface area contributed by atoms with E-state index in [2.05, 4.69) is 56.0 Å². The molecule has 0 bridgehead atoms. The van der Waals surface area contributed by atoms with Crippen LogP contribution >= 0.6 is 24.0 Å². The molecule has 0 aliphatic carbocycles. The van der Waals surface area contributed by atoms with Gasteiger partial charge in [0, 0.05) is 51.7 Å². The normalized spacial score (nSPS) is 17.8. The maximum Gasteiger partial charge on any atom is 0.191 e. The number of benzene rings is 1. The summed E-state index contributed by atoms with van der Waals surface area (Å²) in [7, 11) is 1.84. The van der Waals surface area contributed by atoms with Crippen LogP contribution in [-0.4, -0.2) is 53.4 Å². The molecule has 1 aliphatic rings. The molecular weight excluding hydrogens is 463 g/mol. The Labute approximate surface area is 185 Å². The maximum atomic E-state index is 4.37. The summed E-state index contributed by atoms with van der Waals surface area (Å²) in [5, 5.41) is 11.2. The van der Waals surface area contributed by atoms with Gasteiger partial charge in [-0.1, -0.05) is 36.8 Å². The number of aryl methyl sites for hydroxylation is 1. The molecule has 6 nitrogen and oxygen atoms in total. The van der Waals surface area contributed by atoms with Crippen molar-refractivity contribution in [3.63, 3.8) is 0 Å². The number of piperidine rings is 1. The minimum atomic E-state index is 0. The van der Waals surface area contributed by atoms with E-state index in [0.29, 0.717) is 6.04 Å². The molecular formula is C21H33IN6. The minimum absolute atomic E-state index is 0. The summed E-state index contributed by atoms with van der Waals surface area (Å²) >= 11 is 0. The van der Waals surface area contributed by atoms with Gasteiger partial charge in [-0.3, -0.25) is 14.6 Å². The average molecular weight is 496 g/mol. The Balaban J connectivity index is 0.00000280. The molecule has 28 heavy (non-hydrogen) atoms. The van der Waals surface area contributed by atoms with E-state index >= 15 is 0 Å². The van der Waals surface area contributed by atoms with Crippen LogP contribution in [0.5, 0.6) is 0 Å². The first-order valence-electron chi connectivity index (χ1n) is 10.0. The number of likely N-dealkylation sites (tertiary alicyclic amines) is 1. The van der Waals surface area contributed by atoms with Crippen LogP contribution in [-0.2, 0) is 13.1 Å². The molecule has 1 saturated heterocycles. The zero-order valence-electron chi connectivity index (χ0n) is 16.8. The first-order chi connectivity index (χ1) is 13.3. The van der Waals surface area contributed by atoms with E-state index in [0.717, 1.165) is 38.6 Å². The lowest BCUT2D eigenvalue weighted by Crippen LogP contribution is -2.48. The Morgan fingerprint density at radius 3 is 2.79 bits per heavy atom. The van der Waals surface area contributed by atoms with Gasteiger partial charge in [-0.15, -0.1) is 24.0 Å². The second kappa shape index (κ2) is 12.8. The van der Waals surface area contributed by atoms with Crippen LogP contribution < -0.4 is 10.6 Å². The van der Waals surface area contributed by atoms with Crippen LogP contribution in [0.3, 0.4) is 0 Å². The highest BCUT2D eigenvalue weighted by atomic mass is 127. The van der Waals surface area contributed by atoms with E-state index in [1.165, 1.54) is 31.4 Å². The molecule has 0 amide bonds. The van der Waals surface area contributed by atoms with Crippen LogP contribution in [0.1, 0.15) is 31.2 Å². The number of nitrogens with zero attached hydrogens (tertiary/aromatic N) is 4. The molecule has 3 rings (SSSR count). The summed E-state index contributed by atoms with van der Waals surface area (Å²) in [6.45, 7) is 4.95. The Kier molecular flexibility index (Phi) is 10.3. The van der Waals surface area contributed by atoms with Crippen molar-refractivity contribution in [3.05, 3.63) is 54.4 Å². The van der Waals surface area contributed by atoms with Gasteiger partial charge in [0.05, 0.1) is 0 Å². The van der Waals surface area contributed by atoms with Gasteiger partial charge in [0.1, 0.15) is 0 Å². The fourth-order valence-corrected chi connectivity index (χ4v) is 3.63. The molecule has 2 heterocycles. The fraction of sp³-hybridized carbons (Fsp3) is 0.524. The number of aliphatic imine (C=N–C) groups is 1. The number of guanidine groups is 1. The summed E-state index contributed by atoms with van der Waals surface area (Å²) in [6, 6.07) is 13.3. The quantitative estimate of drug-likeness (QED) is 0.255. The molecule has 1 atom stereocenters. The lowest BCUT2D eigenvalue weighted by atomic mass is 10.0. The van der Waals surface area contributed by atoms with Crippen molar-refractivity contribution in [1.82, 2.24) is 25.3 Å². The number of hydrogen-bond acceptors (Lipinski definition) is 3. The molecule has 1 aromatic carbocycles. The summed E-state index contributed by atoms with van der Waals surface area (Å²) in [4.78, 5) is 6.98. The van der Waals surface area contributed by atoms with Gasteiger partial charge in [0.15, 0.2) is 5.96 Å². The van der Waals surface area contributed by atoms with Gasteiger partial charge in [0.25, 0.3) is 0 Å². The second-order valence-corrected chi connectivity index (χ2v) is 7.11. The van der Waals surface area contributed by atoms with E-state index in [1.54, 1.807) is 0 Å². The molecule has 0 spiro atoms. The van der Waals surface area contributed by atoms with Crippen molar-refractivity contribution in [1.29, 1.82) is 0 Å². The summed E-state index contributed by atoms with van der Waals surface area (Å²) in [5.41, 5.74) is 1.39. The summed E-state index contributed by atoms with van der Waals surface area (Å²) in [6.07, 6.45) is 8.69. The molecule has 1 aromatic heterocycles. The topological polar surface area (TPSA) is 57.5 Å². The standard InChI is InChI=1S/C21H32N6.HI/c1-22-21(23-12-7-15-27-16-8-13-25-27)24-17-20-11-5-6-14-26(20)18-19-9-3-2-4-10-19;/h2-4,8-10,13,16,20H,5-7,11-12,14-15,17-18H2,1H3,(H2,22,23,24);1H. The van der Waals surface area contributed by atoms with E-state index in [4.69, 9.17) is 0 Å². The van der Waals surface area contributed by atoms with Crippen LogP contribution in [0.15, 0.2) is 53.8 Å². The number of rotatable bonds is 8. The first kappa shape index (κ1) is 22.7. The Morgan fingerprint density at radius 1 is 1.18 bits per heavy atom. The number of halogens is 1. The van der Waals surface area contributed by atoms with E-state index in [9.17, 15) is 0 Å². The third-order valence-electron chi connectivity index (χ3n) is 5.12. The maximum absolute atomic E-state index is 4.37. The van der Waals surface area contributed by atoms with Crippen molar-refractivity contribution >= 4 is 29.9 Å². The molecule has 1 aliphatic heterocycles. The molecule has 7 heteroatoms. The monoisotopic (exact) mass is 496 g/mol. The zero-order chi connectivity index (χ0) is 18.7. The largest absolute Gasteiger partial charge is 0.356 e. The first-order valence-corrected chi connectivity index (χ1v) is 10.0. The highest BCUT2D eigenvalue weighted by Crippen LogP contribution is 2.19. The van der Waals surface area contributed by atoms with Crippen LogP contribution in [0.4, 0.5) is 0 Å². The SMILES string of the molecule is CN=C(NCCCn1cccn1)NCC1CCCCN1Cc1ccccc1.I. The molecule has 154 valence electrons. The molecule has 0 saturated carbocycles. The Bertz CT molecular complexity index is 673. The molecule has 2 N–H and O–H groups in total. The number of hydrogen-bond donors (Lipinski definition) is 2. The van der Waals surface area contributed by atoms with Gasteiger partial charge < -0.3 is 10.6 Å². The predicted molar refractivity (Wildman–Crippen MR) is 126 cm³/mol. The predicted octanol–water partition coefficient (Wildman–Crippen LogP) is 3.11. The van der Waals surface area contributed by atoms with Gasteiger partial charge in [-0.05, 0) is 37.4 Å². The Morgan fingerprint density at radius 2 is 2.04 bits per heavy atom. The number of nitrogens with one attached hydrogen (secondary N) is 2. The van der Waals surface area contributed by atoms with Gasteiger partial charge in [-0.2, -0.15) is 5.10 Å². The van der Waals surface area contributed by atoms with Crippen molar-refractivity contribution in [2.45, 2.75) is 44.8 Å². The highest BCUT2D eigenvalue weighted by molar-refractivity contribution is 14.0. The van der Waals surface area contributed by atoms with Gasteiger partial charge in [0.2, 0.25) is 0 Å². The van der Waals surface area contributed by atoms with E-state index < -0.39 is 0 Å². The van der Waals surface area contributed by atoms with E-state index in [1.807, 2.05) is 30.2 Å². The van der Waals surface area contributed by atoms with Crippen molar-refractivity contribution in [2.24, 2.45) is 4.99 Å². The summed E-state index contributed by atoms with van der Waals surface area (Å²) < 4.78 is 1.96. The van der Waals surface area contributed by atoms with Crippen molar-refractivity contribution in [3.8, 4) is 0 Å². The van der Waals surface area contributed by atoms with Crippen LogP contribution in [0.2, 0.25) is 0 Å². The Hall–Kier alpha value is -1.61. The zero-order valence-corrected chi connectivity index (χ0v) is 19.1. The molecule has 1 fully saturated rings. The third kappa shape index (κ3) is 7.43. The molecule has 0 radical (unpaired) electrons. The lowest BCUT2D eigenvalue weighted by molar-refractivity contribution is 0.141.